The number of aryl methyl sites for hydroxylation is 2. The summed E-state index contributed by atoms with van der Waals surface area (Å²) < 4.78 is 1.76. The van der Waals surface area contributed by atoms with Crippen molar-refractivity contribution in [2.75, 3.05) is 6.54 Å². The zero-order chi connectivity index (χ0) is 15.2. The van der Waals surface area contributed by atoms with Gasteiger partial charge in [-0.1, -0.05) is 48.9 Å². The summed E-state index contributed by atoms with van der Waals surface area (Å²) in [6.07, 6.45) is 3.18. The van der Waals surface area contributed by atoms with Gasteiger partial charge in [0.25, 0.3) is 0 Å². The molecule has 1 atom stereocenters. The van der Waals surface area contributed by atoms with E-state index in [-0.39, 0.29) is 0 Å². The van der Waals surface area contributed by atoms with Crippen LogP contribution in [-0.4, -0.2) is 16.3 Å². The summed E-state index contributed by atoms with van der Waals surface area (Å²) in [4.78, 5) is 0. The molecule has 1 aromatic heterocycles. The van der Waals surface area contributed by atoms with E-state index in [1.807, 2.05) is 14.0 Å². The summed E-state index contributed by atoms with van der Waals surface area (Å²) in [6.45, 7) is 5.16. The third-order valence-electron chi connectivity index (χ3n) is 3.84. The van der Waals surface area contributed by atoms with Gasteiger partial charge in [0.1, 0.15) is 5.15 Å². The van der Waals surface area contributed by atoms with Crippen molar-refractivity contribution in [1.29, 1.82) is 0 Å². The Labute approximate surface area is 132 Å². The summed E-state index contributed by atoms with van der Waals surface area (Å²) in [5.74, 6) is 0. The van der Waals surface area contributed by atoms with Crippen LogP contribution in [0.25, 0.3) is 0 Å². The molecule has 114 valence electrons. The molecule has 0 saturated carbocycles. The van der Waals surface area contributed by atoms with Gasteiger partial charge in [-0.2, -0.15) is 5.10 Å². The maximum atomic E-state index is 6.29. The molecular weight excluding hydrogens is 282 g/mol. The second kappa shape index (κ2) is 7.62. The minimum Gasteiger partial charge on any atom is -0.310 e. The van der Waals surface area contributed by atoms with Gasteiger partial charge in [0, 0.05) is 18.7 Å². The standard InChI is InChI=1S/C17H24ClN3/c1-4-19-16(14-9-6-5-7-10-14)12-8-11-15-13(2)20-21(3)17(15)18/h5-7,9-10,16,19H,4,8,11-12H2,1-3H3. The Kier molecular flexibility index (Phi) is 5.83. The minimum atomic E-state index is 0.409. The SMILES string of the molecule is CCNC(CCCc1c(C)nn(C)c1Cl)c1ccccc1. The quantitative estimate of drug-likeness (QED) is 0.836. The lowest BCUT2D eigenvalue weighted by Gasteiger charge is -2.18. The van der Waals surface area contributed by atoms with Gasteiger partial charge in [-0.15, -0.1) is 0 Å². The fourth-order valence-electron chi connectivity index (χ4n) is 2.76. The molecule has 2 rings (SSSR count). The molecule has 1 heterocycles. The van der Waals surface area contributed by atoms with Crippen LogP contribution in [0.2, 0.25) is 5.15 Å². The zero-order valence-electron chi connectivity index (χ0n) is 13.1. The van der Waals surface area contributed by atoms with Crippen molar-refractivity contribution >= 4 is 11.6 Å². The van der Waals surface area contributed by atoms with E-state index in [4.69, 9.17) is 11.6 Å². The highest BCUT2D eigenvalue weighted by Crippen LogP contribution is 2.24. The van der Waals surface area contributed by atoms with Crippen LogP contribution in [0, 0.1) is 6.92 Å². The Hall–Kier alpha value is -1.32. The third kappa shape index (κ3) is 4.08. The van der Waals surface area contributed by atoms with Crippen molar-refractivity contribution < 1.29 is 0 Å². The van der Waals surface area contributed by atoms with Gasteiger partial charge in [0.2, 0.25) is 0 Å². The fourth-order valence-corrected chi connectivity index (χ4v) is 3.03. The van der Waals surface area contributed by atoms with Crippen LogP contribution in [0.1, 0.15) is 42.6 Å². The van der Waals surface area contributed by atoms with Crippen molar-refractivity contribution in [3.8, 4) is 0 Å². The number of nitrogens with one attached hydrogen (secondary N) is 1. The molecular formula is C17H24ClN3. The van der Waals surface area contributed by atoms with Crippen molar-refractivity contribution in [3.05, 3.63) is 52.3 Å². The molecule has 1 unspecified atom stereocenters. The van der Waals surface area contributed by atoms with Crippen LogP contribution in [-0.2, 0) is 13.5 Å². The Morgan fingerprint density at radius 3 is 2.57 bits per heavy atom. The van der Waals surface area contributed by atoms with Crippen molar-refractivity contribution in [2.24, 2.45) is 7.05 Å². The van der Waals surface area contributed by atoms with Gasteiger partial charge in [-0.05, 0) is 38.3 Å². The molecule has 21 heavy (non-hydrogen) atoms. The average Bonchev–Trinajstić information content (AvgIpc) is 2.73. The monoisotopic (exact) mass is 305 g/mol. The summed E-state index contributed by atoms with van der Waals surface area (Å²) in [6, 6.07) is 11.0. The van der Waals surface area contributed by atoms with Gasteiger partial charge in [-0.25, -0.2) is 0 Å². The lowest BCUT2D eigenvalue weighted by molar-refractivity contribution is 0.498. The number of hydrogen-bond donors (Lipinski definition) is 1. The molecule has 0 bridgehead atoms. The van der Waals surface area contributed by atoms with Crippen LogP contribution in [0.5, 0.6) is 0 Å². The zero-order valence-corrected chi connectivity index (χ0v) is 13.8. The lowest BCUT2D eigenvalue weighted by atomic mass is 9.99. The first-order chi connectivity index (χ1) is 10.1. The Bertz CT molecular complexity index is 563. The number of benzene rings is 1. The van der Waals surface area contributed by atoms with E-state index in [9.17, 15) is 0 Å². The van der Waals surface area contributed by atoms with Crippen molar-refractivity contribution in [3.63, 3.8) is 0 Å². The smallest absolute Gasteiger partial charge is 0.130 e. The van der Waals surface area contributed by atoms with Gasteiger partial charge in [-0.3, -0.25) is 4.68 Å². The summed E-state index contributed by atoms with van der Waals surface area (Å²) in [7, 11) is 1.89. The predicted octanol–water partition coefficient (Wildman–Crippen LogP) is 4.06. The topological polar surface area (TPSA) is 29.9 Å². The van der Waals surface area contributed by atoms with Gasteiger partial charge >= 0.3 is 0 Å². The summed E-state index contributed by atoms with van der Waals surface area (Å²) in [5, 5.41) is 8.71. The van der Waals surface area contributed by atoms with Crippen LogP contribution in [0.4, 0.5) is 0 Å². The molecule has 3 nitrogen and oxygen atoms in total. The molecule has 0 aliphatic carbocycles. The molecule has 0 spiro atoms. The molecule has 0 fully saturated rings. The lowest BCUT2D eigenvalue weighted by Crippen LogP contribution is -2.21. The number of halogens is 1. The first kappa shape index (κ1) is 16.1. The van der Waals surface area contributed by atoms with Crippen molar-refractivity contribution in [1.82, 2.24) is 15.1 Å². The highest BCUT2D eigenvalue weighted by Gasteiger charge is 2.13. The van der Waals surface area contributed by atoms with Crippen LogP contribution in [0.3, 0.4) is 0 Å². The summed E-state index contributed by atoms with van der Waals surface area (Å²) in [5.41, 5.74) is 3.58. The Morgan fingerprint density at radius 1 is 1.29 bits per heavy atom. The number of nitrogens with zero attached hydrogens (tertiary/aromatic N) is 2. The van der Waals surface area contributed by atoms with E-state index >= 15 is 0 Å². The second-order valence-corrected chi connectivity index (χ2v) is 5.75. The van der Waals surface area contributed by atoms with Crippen molar-refractivity contribution in [2.45, 2.75) is 39.2 Å². The first-order valence-electron chi connectivity index (χ1n) is 7.59. The Balaban J connectivity index is 1.96. The molecule has 0 aliphatic rings. The Morgan fingerprint density at radius 2 is 2.00 bits per heavy atom. The molecule has 1 N–H and O–H groups in total. The first-order valence-corrected chi connectivity index (χ1v) is 7.97. The molecule has 0 amide bonds. The van der Waals surface area contributed by atoms with E-state index in [2.05, 4.69) is 47.7 Å². The largest absolute Gasteiger partial charge is 0.310 e. The van der Waals surface area contributed by atoms with E-state index in [1.165, 1.54) is 11.1 Å². The molecule has 0 aliphatic heterocycles. The van der Waals surface area contributed by atoms with Crippen LogP contribution in [0.15, 0.2) is 30.3 Å². The highest BCUT2D eigenvalue weighted by atomic mass is 35.5. The normalized spacial score (nSPS) is 12.6. The molecule has 1 aromatic carbocycles. The van der Waals surface area contributed by atoms with Gasteiger partial charge in [0.05, 0.1) is 5.69 Å². The van der Waals surface area contributed by atoms with Gasteiger partial charge < -0.3 is 5.32 Å². The van der Waals surface area contributed by atoms with Crippen LogP contribution >= 0.6 is 11.6 Å². The van der Waals surface area contributed by atoms with E-state index in [1.54, 1.807) is 4.68 Å². The average molecular weight is 306 g/mol. The maximum Gasteiger partial charge on any atom is 0.130 e. The maximum absolute atomic E-state index is 6.29. The summed E-state index contributed by atoms with van der Waals surface area (Å²) >= 11 is 6.29. The fraction of sp³-hybridized carbons (Fsp3) is 0.471. The van der Waals surface area contributed by atoms with E-state index < -0.39 is 0 Å². The molecule has 0 saturated heterocycles. The van der Waals surface area contributed by atoms with E-state index in [0.717, 1.165) is 36.7 Å². The highest BCUT2D eigenvalue weighted by molar-refractivity contribution is 6.30. The third-order valence-corrected chi connectivity index (χ3v) is 4.31. The minimum absolute atomic E-state index is 0.409. The van der Waals surface area contributed by atoms with Gasteiger partial charge in [0.15, 0.2) is 0 Å². The second-order valence-electron chi connectivity index (χ2n) is 5.39. The molecule has 4 heteroatoms. The predicted molar refractivity (Wildman–Crippen MR) is 88.8 cm³/mol. The molecule has 0 radical (unpaired) electrons. The molecule has 2 aromatic rings. The van der Waals surface area contributed by atoms with E-state index in [0.29, 0.717) is 6.04 Å². The number of hydrogen-bond acceptors (Lipinski definition) is 2. The number of rotatable bonds is 7. The van der Waals surface area contributed by atoms with Crippen LogP contribution < -0.4 is 5.32 Å². The number of aromatic nitrogens is 2.